The van der Waals surface area contributed by atoms with Crippen LogP contribution in [-0.2, 0) is 19.1 Å². The van der Waals surface area contributed by atoms with Gasteiger partial charge in [0.05, 0.1) is 6.54 Å². The van der Waals surface area contributed by atoms with Crippen LogP contribution in [0, 0.1) is 5.82 Å². The van der Waals surface area contributed by atoms with Crippen molar-refractivity contribution in [2.45, 2.75) is 25.0 Å². The van der Waals surface area contributed by atoms with Crippen LogP contribution < -0.4 is 10.6 Å². The number of nitrogens with one attached hydrogen (secondary N) is 2. The van der Waals surface area contributed by atoms with Crippen LogP contribution in [0.3, 0.4) is 0 Å². The van der Waals surface area contributed by atoms with E-state index in [4.69, 9.17) is 9.84 Å². The summed E-state index contributed by atoms with van der Waals surface area (Å²) in [6.45, 7) is -0.313. The number of aliphatic carboxylic acids is 1. The third-order valence-electron chi connectivity index (χ3n) is 3.12. The number of ether oxygens (including phenoxy) is 1. The molecule has 2 amide bonds. The first-order valence-electron chi connectivity index (χ1n) is 6.67. The second-order valence-corrected chi connectivity index (χ2v) is 4.81. The Morgan fingerprint density at radius 3 is 2.64 bits per heavy atom. The zero-order valence-corrected chi connectivity index (χ0v) is 11.5. The van der Waals surface area contributed by atoms with Crippen LogP contribution >= 0.6 is 0 Å². The summed E-state index contributed by atoms with van der Waals surface area (Å²) in [5, 5.41) is 13.5. The van der Waals surface area contributed by atoms with Crippen molar-refractivity contribution < 1.29 is 28.6 Å². The van der Waals surface area contributed by atoms with Crippen molar-refractivity contribution in [2.24, 2.45) is 0 Å². The molecule has 1 fully saturated rings. The van der Waals surface area contributed by atoms with Gasteiger partial charge in [-0.2, -0.15) is 0 Å². The molecule has 0 aromatic heterocycles. The number of carbonyl (C=O) groups is 3. The Labute approximate surface area is 125 Å². The molecule has 0 saturated carbocycles. The molecule has 22 heavy (non-hydrogen) atoms. The van der Waals surface area contributed by atoms with Gasteiger partial charge in [0.15, 0.2) is 6.10 Å². The Kier molecular flexibility index (Phi) is 5.05. The predicted octanol–water partition coefficient (Wildman–Crippen LogP) is 0.513. The van der Waals surface area contributed by atoms with Gasteiger partial charge >= 0.3 is 5.97 Å². The van der Waals surface area contributed by atoms with Gasteiger partial charge in [-0.05, 0) is 31.0 Å². The molecule has 0 bridgehead atoms. The summed E-state index contributed by atoms with van der Waals surface area (Å²) < 4.78 is 18.0. The molecular weight excluding hydrogens is 295 g/mol. The Hall–Kier alpha value is -2.48. The molecule has 2 rings (SSSR count). The molecule has 1 aromatic rings. The Morgan fingerprint density at radius 1 is 1.27 bits per heavy atom. The zero-order chi connectivity index (χ0) is 16.1. The Balaban J connectivity index is 1.77. The number of carboxylic acids is 1. The summed E-state index contributed by atoms with van der Waals surface area (Å²) in [5.74, 6) is -2.66. The van der Waals surface area contributed by atoms with Crippen molar-refractivity contribution in [2.75, 3.05) is 11.9 Å². The molecule has 2 atom stereocenters. The van der Waals surface area contributed by atoms with E-state index >= 15 is 0 Å². The lowest BCUT2D eigenvalue weighted by Gasteiger charge is -2.12. The molecule has 8 heteroatoms. The SMILES string of the molecule is O=C(CNC(=O)[C@@H]1CC[C@H](C(=O)O)O1)Nc1cccc(F)c1. The number of hydrogen-bond acceptors (Lipinski definition) is 4. The van der Waals surface area contributed by atoms with Crippen molar-refractivity contribution >= 4 is 23.5 Å². The molecule has 7 nitrogen and oxygen atoms in total. The maximum Gasteiger partial charge on any atom is 0.332 e. The summed E-state index contributed by atoms with van der Waals surface area (Å²) in [6, 6.07) is 5.35. The van der Waals surface area contributed by atoms with E-state index in [9.17, 15) is 18.8 Å². The summed E-state index contributed by atoms with van der Waals surface area (Å²) in [7, 11) is 0. The molecule has 118 valence electrons. The third-order valence-corrected chi connectivity index (χ3v) is 3.12. The highest BCUT2D eigenvalue weighted by molar-refractivity contribution is 5.95. The highest BCUT2D eigenvalue weighted by Gasteiger charge is 2.34. The van der Waals surface area contributed by atoms with Crippen LogP contribution in [0.4, 0.5) is 10.1 Å². The molecule has 0 unspecified atom stereocenters. The van der Waals surface area contributed by atoms with Gasteiger partial charge in [0.1, 0.15) is 11.9 Å². The maximum absolute atomic E-state index is 13.0. The number of carboxylic acid groups (broad SMARTS) is 1. The van der Waals surface area contributed by atoms with E-state index in [0.717, 1.165) is 6.07 Å². The zero-order valence-electron chi connectivity index (χ0n) is 11.5. The lowest BCUT2D eigenvalue weighted by atomic mass is 10.2. The van der Waals surface area contributed by atoms with Crippen molar-refractivity contribution in [1.29, 1.82) is 0 Å². The highest BCUT2D eigenvalue weighted by Crippen LogP contribution is 2.19. The molecule has 1 heterocycles. The molecular formula is C14H15FN2O5. The number of benzene rings is 1. The minimum Gasteiger partial charge on any atom is -0.479 e. The largest absolute Gasteiger partial charge is 0.479 e. The Morgan fingerprint density at radius 2 is 2.00 bits per heavy atom. The topological polar surface area (TPSA) is 105 Å². The summed E-state index contributed by atoms with van der Waals surface area (Å²) >= 11 is 0. The van der Waals surface area contributed by atoms with E-state index < -0.39 is 35.8 Å². The van der Waals surface area contributed by atoms with E-state index in [1.807, 2.05) is 0 Å². The van der Waals surface area contributed by atoms with E-state index in [-0.39, 0.29) is 25.1 Å². The van der Waals surface area contributed by atoms with Crippen LogP contribution in [0.2, 0.25) is 0 Å². The first-order chi connectivity index (χ1) is 10.5. The van der Waals surface area contributed by atoms with E-state index in [1.165, 1.54) is 18.2 Å². The van der Waals surface area contributed by atoms with Crippen molar-refractivity contribution in [3.8, 4) is 0 Å². The van der Waals surface area contributed by atoms with Gasteiger partial charge < -0.3 is 20.5 Å². The smallest absolute Gasteiger partial charge is 0.332 e. The quantitative estimate of drug-likeness (QED) is 0.735. The van der Waals surface area contributed by atoms with E-state index in [0.29, 0.717) is 0 Å². The molecule has 0 radical (unpaired) electrons. The second kappa shape index (κ2) is 6.99. The fraction of sp³-hybridized carbons (Fsp3) is 0.357. The number of carbonyl (C=O) groups excluding carboxylic acids is 2. The standard InChI is InChI=1S/C14H15FN2O5/c15-8-2-1-3-9(6-8)17-12(18)7-16-13(19)10-4-5-11(22-10)14(20)21/h1-3,6,10-11H,4-5,7H2,(H,16,19)(H,17,18)(H,20,21)/t10-,11+/m0/s1. The van der Waals surface area contributed by atoms with Gasteiger partial charge in [-0.25, -0.2) is 9.18 Å². The van der Waals surface area contributed by atoms with Crippen LogP contribution in [0.15, 0.2) is 24.3 Å². The normalized spacial score (nSPS) is 20.4. The predicted molar refractivity (Wildman–Crippen MR) is 73.6 cm³/mol. The van der Waals surface area contributed by atoms with Gasteiger partial charge in [-0.1, -0.05) is 6.07 Å². The first-order valence-corrected chi connectivity index (χ1v) is 6.67. The molecule has 1 aliphatic rings. The monoisotopic (exact) mass is 310 g/mol. The first kappa shape index (κ1) is 15.9. The molecule has 1 aromatic carbocycles. The van der Waals surface area contributed by atoms with Crippen molar-refractivity contribution in [3.05, 3.63) is 30.1 Å². The Bertz CT molecular complexity index is 592. The minimum absolute atomic E-state index is 0.253. The van der Waals surface area contributed by atoms with Crippen LogP contribution in [-0.4, -0.2) is 41.6 Å². The van der Waals surface area contributed by atoms with Gasteiger partial charge in [0, 0.05) is 5.69 Å². The molecule has 1 aliphatic heterocycles. The number of rotatable bonds is 5. The number of anilines is 1. The summed E-state index contributed by atoms with van der Waals surface area (Å²) in [5.41, 5.74) is 0.280. The molecule has 0 spiro atoms. The van der Waals surface area contributed by atoms with Crippen molar-refractivity contribution in [1.82, 2.24) is 5.32 Å². The lowest BCUT2D eigenvalue weighted by Crippen LogP contribution is -2.39. The van der Waals surface area contributed by atoms with E-state index in [2.05, 4.69) is 10.6 Å². The average molecular weight is 310 g/mol. The summed E-state index contributed by atoms with van der Waals surface area (Å²) in [4.78, 5) is 34.1. The second-order valence-electron chi connectivity index (χ2n) is 4.81. The van der Waals surface area contributed by atoms with Gasteiger partial charge in [-0.3, -0.25) is 9.59 Å². The maximum atomic E-state index is 13.0. The fourth-order valence-electron chi connectivity index (χ4n) is 2.06. The van der Waals surface area contributed by atoms with Crippen LogP contribution in [0.5, 0.6) is 0 Å². The number of halogens is 1. The number of amides is 2. The van der Waals surface area contributed by atoms with Crippen LogP contribution in [0.1, 0.15) is 12.8 Å². The van der Waals surface area contributed by atoms with Crippen molar-refractivity contribution in [3.63, 3.8) is 0 Å². The number of hydrogen-bond donors (Lipinski definition) is 3. The summed E-state index contributed by atoms with van der Waals surface area (Å²) in [6.07, 6.45) is -1.32. The highest BCUT2D eigenvalue weighted by atomic mass is 19.1. The average Bonchev–Trinajstić information content (AvgIpc) is 2.95. The fourth-order valence-corrected chi connectivity index (χ4v) is 2.06. The molecule has 3 N–H and O–H groups in total. The molecule has 0 aliphatic carbocycles. The van der Waals surface area contributed by atoms with Gasteiger partial charge in [0.25, 0.3) is 0 Å². The third kappa shape index (κ3) is 4.26. The van der Waals surface area contributed by atoms with Gasteiger partial charge in [-0.15, -0.1) is 0 Å². The lowest BCUT2D eigenvalue weighted by molar-refractivity contribution is -0.152. The van der Waals surface area contributed by atoms with E-state index in [1.54, 1.807) is 0 Å². The minimum atomic E-state index is -1.11. The molecule has 1 saturated heterocycles. The van der Waals surface area contributed by atoms with Crippen LogP contribution in [0.25, 0.3) is 0 Å². The van der Waals surface area contributed by atoms with Gasteiger partial charge in [0.2, 0.25) is 11.8 Å².